The van der Waals surface area contributed by atoms with Crippen LogP contribution in [0, 0.1) is 5.21 Å². The Morgan fingerprint density at radius 3 is 2.25 bits per heavy atom. The average molecular weight is 340 g/mol. The summed E-state index contributed by atoms with van der Waals surface area (Å²) in [6.45, 7) is 0.301. The molecule has 7 nitrogen and oxygen atoms in total. The summed E-state index contributed by atoms with van der Waals surface area (Å²) < 4.78 is 37.6. The Balaban J connectivity index is 1.77. The van der Waals surface area contributed by atoms with Crippen molar-refractivity contribution in [3.8, 4) is 0 Å². The summed E-state index contributed by atoms with van der Waals surface area (Å²) in [4.78, 5) is 13.3. The van der Waals surface area contributed by atoms with E-state index in [1.807, 2.05) is 4.90 Å². The Morgan fingerprint density at radius 2 is 1.79 bits per heavy atom. The van der Waals surface area contributed by atoms with Crippen molar-refractivity contribution in [3.63, 3.8) is 0 Å². The van der Waals surface area contributed by atoms with Gasteiger partial charge in [-0.15, -0.1) is 0 Å². The number of hydrogen-bond donors (Lipinski definition) is 1. The molecule has 1 fully saturated rings. The van der Waals surface area contributed by atoms with E-state index in [0.717, 1.165) is 18.9 Å². The lowest BCUT2D eigenvalue weighted by molar-refractivity contribution is -0.141. The second kappa shape index (κ2) is 6.21. The average Bonchev–Trinajstić information content (AvgIpc) is 3.37. The van der Waals surface area contributed by atoms with Crippen LogP contribution in [0.5, 0.6) is 0 Å². The predicted molar refractivity (Wildman–Crippen MR) is 78.1 cm³/mol. The van der Waals surface area contributed by atoms with Crippen LogP contribution in [0.4, 0.5) is 24.8 Å². The third kappa shape index (κ3) is 3.71. The highest BCUT2D eigenvalue weighted by molar-refractivity contribution is 5.44. The van der Waals surface area contributed by atoms with Crippen LogP contribution in [0.25, 0.3) is 0 Å². The van der Waals surface area contributed by atoms with E-state index in [-0.39, 0.29) is 17.0 Å². The number of anilines is 2. The van der Waals surface area contributed by atoms with E-state index >= 15 is 0 Å². The summed E-state index contributed by atoms with van der Waals surface area (Å²) >= 11 is 0. The number of rotatable bonds is 5. The normalized spacial score (nSPS) is 14.5. The Labute approximate surface area is 134 Å². The first kappa shape index (κ1) is 16.4. The smallest absolute Gasteiger partial charge is 0.433 e. The van der Waals surface area contributed by atoms with Crippen molar-refractivity contribution in [2.75, 3.05) is 10.1 Å². The van der Waals surface area contributed by atoms with Gasteiger partial charge in [0, 0.05) is 18.8 Å². The first-order valence-electron chi connectivity index (χ1n) is 7.11. The van der Waals surface area contributed by atoms with Gasteiger partial charge >= 0.3 is 6.18 Å². The number of halogens is 3. The molecule has 0 radical (unpaired) electrons. The van der Waals surface area contributed by atoms with Crippen LogP contribution in [0.1, 0.15) is 24.1 Å². The molecule has 1 N–H and O–H groups in total. The molecular weight excluding hydrogens is 327 g/mol. The third-order valence-electron chi connectivity index (χ3n) is 3.56. The molecule has 128 valence electrons. The van der Waals surface area contributed by atoms with Crippen LogP contribution in [0.15, 0.2) is 30.7 Å². The fraction of sp³-hybridized carbons (Fsp3) is 0.357. The minimum atomic E-state index is -4.47. The molecule has 2 aromatic rings. The zero-order valence-electron chi connectivity index (χ0n) is 12.3. The van der Waals surface area contributed by atoms with Gasteiger partial charge in [-0.3, -0.25) is 10.2 Å². The number of hydrogen-bond acceptors (Lipinski definition) is 7. The van der Waals surface area contributed by atoms with Crippen molar-refractivity contribution >= 4 is 11.6 Å². The minimum Gasteiger partial charge on any atom is -0.733 e. The van der Waals surface area contributed by atoms with Crippen molar-refractivity contribution in [2.45, 2.75) is 31.6 Å². The molecule has 1 saturated carbocycles. The molecule has 0 spiro atoms. The molecule has 1 aliphatic rings. The molecule has 0 bridgehead atoms. The molecule has 0 aliphatic heterocycles. The summed E-state index contributed by atoms with van der Waals surface area (Å²) in [5.74, 6) is 0.336. The van der Waals surface area contributed by atoms with Gasteiger partial charge in [0.15, 0.2) is 0 Å². The van der Waals surface area contributed by atoms with E-state index in [9.17, 15) is 18.4 Å². The lowest BCUT2D eigenvalue weighted by Crippen LogP contribution is -2.27. The number of nitrogens with zero attached hydrogens (tertiary/aromatic N) is 5. The first-order chi connectivity index (χ1) is 11.3. The predicted octanol–water partition coefficient (Wildman–Crippen LogP) is 2.75. The second-order valence-corrected chi connectivity index (χ2v) is 5.42. The topological polar surface area (TPSA) is 88.4 Å². The first-order valence-corrected chi connectivity index (χ1v) is 7.11. The Bertz CT molecular complexity index is 687. The SMILES string of the molecule is [O-]N(O)c1cnc(N(Cc2ccc(C(F)(F)F)nc2)C2CC2)nc1. The number of pyridine rings is 1. The van der Waals surface area contributed by atoms with Crippen LogP contribution in [0.3, 0.4) is 0 Å². The second-order valence-electron chi connectivity index (χ2n) is 5.42. The highest BCUT2D eigenvalue weighted by atomic mass is 19.4. The van der Waals surface area contributed by atoms with E-state index in [2.05, 4.69) is 15.0 Å². The van der Waals surface area contributed by atoms with Crippen molar-refractivity contribution in [2.24, 2.45) is 0 Å². The maximum Gasteiger partial charge on any atom is 0.433 e. The number of alkyl halides is 3. The van der Waals surface area contributed by atoms with E-state index in [1.54, 1.807) is 0 Å². The molecule has 0 amide bonds. The van der Waals surface area contributed by atoms with Gasteiger partial charge in [0.1, 0.15) is 5.69 Å². The van der Waals surface area contributed by atoms with Crippen LogP contribution in [-0.2, 0) is 12.7 Å². The highest BCUT2D eigenvalue weighted by Gasteiger charge is 2.33. The monoisotopic (exact) mass is 340 g/mol. The molecule has 0 unspecified atom stereocenters. The van der Waals surface area contributed by atoms with Crippen LogP contribution >= 0.6 is 0 Å². The summed E-state index contributed by atoms with van der Waals surface area (Å²) in [5, 5.41) is 19.2. The van der Waals surface area contributed by atoms with E-state index < -0.39 is 11.9 Å². The minimum absolute atomic E-state index is 0.106. The zero-order valence-corrected chi connectivity index (χ0v) is 12.3. The molecule has 0 aromatic carbocycles. The van der Waals surface area contributed by atoms with Gasteiger partial charge < -0.3 is 15.3 Å². The fourth-order valence-corrected chi connectivity index (χ4v) is 2.19. The van der Waals surface area contributed by atoms with Crippen molar-refractivity contribution in [1.82, 2.24) is 15.0 Å². The van der Waals surface area contributed by atoms with Crippen molar-refractivity contribution in [3.05, 3.63) is 47.2 Å². The molecule has 0 atom stereocenters. The van der Waals surface area contributed by atoms with Crippen LogP contribution in [-0.4, -0.2) is 26.2 Å². The number of aromatic nitrogens is 3. The lowest BCUT2D eigenvalue weighted by atomic mass is 10.2. The van der Waals surface area contributed by atoms with E-state index in [0.29, 0.717) is 18.1 Å². The van der Waals surface area contributed by atoms with E-state index in [4.69, 9.17) is 5.21 Å². The Hall–Kier alpha value is -2.46. The maximum atomic E-state index is 12.5. The van der Waals surface area contributed by atoms with Crippen LogP contribution < -0.4 is 10.1 Å². The van der Waals surface area contributed by atoms with Gasteiger partial charge in [0.25, 0.3) is 0 Å². The molecule has 2 heterocycles. The molecule has 10 heteroatoms. The third-order valence-corrected chi connectivity index (χ3v) is 3.56. The van der Waals surface area contributed by atoms with Gasteiger partial charge in [-0.2, -0.15) is 13.2 Å². The van der Waals surface area contributed by atoms with Gasteiger partial charge in [-0.25, -0.2) is 9.97 Å². The van der Waals surface area contributed by atoms with Crippen molar-refractivity contribution < 1.29 is 18.4 Å². The lowest BCUT2D eigenvalue weighted by Gasteiger charge is -2.24. The standard InChI is InChI=1S/C14H13F3N5O2/c15-14(16,17)12-4-1-9(5-18-12)8-21(10-2-3-10)13-19-6-11(7-20-13)22(23)24/h1,4-7,10,23H,2-3,8H2/q-1. The summed E-state index contributed by atoms with van der Waals surface area (Å²) in [7, 11) is 0. The van der Waals surface area contributed by atoms with Gasteiger partial charge in [0.2, 0.25) is 5.95 Å². The van der Waals surface area contributed by atoms with Crippen LogP contribution in [0.2, 0.25) is 0 Å². The Kier molecular flexibility index (Phi) is 4.24. The fourth-order valence-electron chi connectivity index (χ4n) is 2.19. The highest BCUT2D eigenvalue weighted by Crippen LogP contribution is 2.32. The van der Waals surface area contributed by atoms with Gasteiger partial charge in [-0.1, -0.05) is 6.07 Å². The van der Waals surface area contributed by atoms with Gasteiger partial charge in [-0.05, 0) is 24.5 Å². The molecule has 0 saturated heterocycles. The molecule has 24 heavy (non-hydrogen) atoms. The zero-order chi connectivity index (χ0) is 17.3. The Morgan fingerprint density at radius 1 is 1.12 bits per heavy atom. The summed E-state index contributed by atoms with van der Waals surface area (Å²) in [5.41, 5.74) is -0.454. The quantitative estimate of drug-likeness (QED) is 0.837. The van der Waals surface area contributed by atoms with E-state index in [1.165, 1.54) is 24.7 Å². The molecule has 2 aromatic heterocycles. The maximum absolute atomic E-state index is 12.5. The largest absolute Gasteiger partial charge is 0.733 e. The molecule has 1 aliphatic carbocycles. The summed E-state index contributed by atoms with van der Waals surface area (Å²) in [6.07, 6.45) is 0.910. The van der Waals surface area contributed by atoms with Gasteiger partial charge in [0.05, 0.1) is 18.1 Å². The molecule has 3 rings (SSSR count). The summed E-state index contributed by atoms with van der Waals surface area (Å²) in [6, 6.07) is 2.49. The van der Waals surface area contributed by atoms with Crippen molar-refractivity contribution in [1.29, 1.82) is 0 Å². The molecular formula is C14H13F3N5O2-.